The molecule has 0 heterocycles. The second-order valence-corrected chi connectivity index (χ2v) is 11.9. The number of aryl methyl sites for hydroxylation is 3. The topological polar surface area (TPSA) is 151 Å². The highest BCUT2D eigenvalue weighted by molar-refractivity contribution is 7.92. The van der Waals surface area contributed by atoms with Gasteiger partial charge in [-0.25, -0.2) is 21.6 Å². The molecule has 0 aliphatic carbocycles. The Labute approximate surface area is 216 Å². The average molecular weight is 545 g/mol. The monoisotopic (exact) mass is 544 g/mol. The molecule has 3 aromatic rings. The minimum absolute atomic E-state index is 0.00366. The smallest absolute Gasteiger partial charge is 0.269 e. The van der Waals surface area contributed by atoms with Crippen LogP contribution in [-0.4, -0.2) is 35.2 Å². The third-order valence-electron chi connectivity index (χ3n) is 5.29. The van der Waals surface area contributed by atoms with E-state index in [0.717, 1.165) is 16.7 Å². The number of benzene rings is 3. The summed E-state index contributed by atoms with van der Waals surface area (Å²) in [6.45, 7) is 5.26. The van der Waals surface area contributed by atoms with Crippen molar-refractivity contribution in [3.05, 3.63) is 89.0 Å². The van der Waals surface area contributed by atoms with Gasteiger partial charge in [0.25, 0.3) is 15.9 Å². The minimum Gasteiger partial charge on any atom is -0.279 e. The maximum atomic E-state index is 12.8. The highest BCUT2D eigenvalue weighted by Gasteiger charge is 2.18. The van der Waals surface area contributed by atoms with Crippen LogP contribution in [0.5, 0.6) is 0 Å². The van der Waals surface area contributed by atoms with Crippen LogP contribution in [0.2, 0.25) is 0 Å². The van der Waals surface area contributed by atoms with Crippen molar-refractivity contribution in [1.29, 1.82) is 0 Å². The second-order valence-electron chi connectivity index (χ2n) is 8.42. The van der Waals surface area contributed by atoms with Gasteiger partial charge in [0.15, 0.2) is 0 Å². The number of carbonyl (C=O) groups is 2. The third-order valence-corrected chi connectivity index (χ3v) is 8.11. The summed E-state index contributed by atoms with van der Waals surface area (Å²) >= 11 is 0. The lowest BCUT2D eigenvalue weighted by Crippen LogP contribution is -2.42. The Kier molecular flexibility index (Phi) is 8.69. The molecule has 2 amide bonds. The Bertz CT molecular complexity index is 1540. The quantitative estimate of drug-likeness (QED) is 0.304. The molecule has 0 aliphatic heterocycles. The minimum atomic E-state index is -3.97. The Morgan fingerprint density at radius 2 is 1.38 bits per heavy atom. The van der Waals surface area contributed by atoms with Crippen molar-refractivity contribution >= 4 is 37.5 Å². The summed E-state index contributed by atoms with van der Waals surface area (Å²) in [7, 11) is -7.75. The number of anilines is 1. The molecule has 0 unspecified atom stereocenters. The zero-order valence-electron chi connectivity index (χ0n) is 20.5. The van der Waals surface area contributed by atoms with Gasteiger partial charge in [-0.3, -0.25) is 25.2 Å². The van der Waals surface area contributed by atoms with Gasteiger partial charge in [-0.15, -0.1) is 0 Å². The van der Waals surface area contributed by atoms with Crippen molar-refractivity contribution in [1.82, 2.24) is 15.6 Å². The Hall–Kier alpha value is -3.74. The van der Waals surface area contributed by atoms with Crippen molar-refractivity contribution in [3.8, 4) is 0 Å². The summed E-state index contributed by atoms with van der Waals surface area (Å²) in [6.07, 6.45) is -0.237. The molecule has 0 spiro atoms. The maximum absolute atomic E-state index is 12.8. The molecule has 0 fully saturated rings. The van der Waals surface area contributed by atoms with Crippen LogP contribution < -0.4 is 20.3 Å². The van der Waals surface area contributed by atoms with Gasteiger partial charge in [0.2, 0.25) is 15.9 Å². The molecule has 0 aliphatic rings. The lowest BCUT2D eigenvalue weighted by molar-refractivity contribution is -0.121. The average Bonchev–Trinajstić information content (AvgIpc) is 2.84. The van der Waals surface area contributed by atoms with Gasteiger partial charge in [0.05, 0.1) is 15.5 Å². The molecule has 0 aromatic heterocycles. The van der Waals surface area contributed by atoms with Gasteiger partial charge in [-0.1, -0.05) is 35.9 Å². The summed E-state index contributed by atoms with van der Waals surface area (Å²) in [4.78, 5) is 24.5. The molecule has 12 heteroatoms. The first-order valence-electron chi connectivity index (χ1n) is 11.2. The van der Waals surface area contributed by atoms with E-state index in [2.05, 4.69) is 20.3 Å². The van der Waals surface area contributed by atoms with E-state index in [1.807, 2.05) is 13.0 Å². The molecule has 10 nitrogen and oxygen atoms in total. The zero-order chi connectivity index (χ0) is 27.2. The largest absolute Gasteiger partial charge is 0.279 e. The van der Waals surface area contributed by atoms with E-state index < -0.39 is 31.9 Å². The van der Waals surface area contributed by atoms with Crippen LogP contribution in [0.4, 0.5) is 5.69 Å². The highest BCUT2D eigenvalue weighted by Crippen LogP contribution is 2.21. The molecule has 4 N–H and O–H groups in total. The fourth-order valence-corrected chi connectivity index (χ4v) is 5.67. The zero-order valence-corrected chi connectivity index (χ0v) is 22.2. The number of hydrogen-bond donors (Lipinski definition) is 4. The van der Waals surface area contributed by atoms with Crippen molar-refractivity contribution in [3.63, 3.8) is 0 Å². The van der Waals surface area contributed by atoms with Crippen molar-refractivity contribution < 1.29 is 26.4 Å². The first-order valence-corrected chi connectivity index (χ1v) is 14.2. The van der Waals surface area contributed by atoms with Crippen LogP contribution in [-0.2, 0) is 24.8 Å². The van der Waals surface area contributed by atoms with Crippen LogP contribution >= 0.6 is 0 Å². The maximum Gasteiger partial charge on any atom is 0.269 e. The van der Waals surface area contributed by atoms with Crippen LogP contribution in [0.1, 0.15) is 33.5 Å². The van der Waals surface area contributed by atoms with Gasteiger partial charge in [-0.05, 0) is 68.3 Å². The van der Waals surface area contributed by atoms with Crippen LogP contribution in [0.15, 0.2) is 76.5 Å². The summed E-state index contributed by atoms with van der Waals surface area (Å²) in [5.74, 6) is -1.38. The van der Waals surface area contributed by atoms with E-state index in [-0.39, 0.29) is 28.3 Å². The summed E-state index contributed by atoms with van der Waals surface area (Å²) in [5.41, 5.74) is 7.33. The standard InChI is InChI=1S/C25H28N4O6S2/c1-17-6-4-8-21(15-17)36(32,33)26-13-12-24(30)27-28-25(31)20-7-5-9-22(16-20)37(34,35)29-23-11-10-18(2)14-19(23)3/h4-11,14-16,26,29H,12-13H2,1-3H3,(H,27,30)(H,28,31). The molecule has 196 valence electrons. The predicted molar refractivity (Wildman–Crippen MR) is 140 cm³/mol. The van der Waals surface area contributed by atoms with Gasteiger partial charge >= 0.3 is 0 Å². The normalized spacial score (nSPS) is 11.5. The van der Waals surface area contributed by atoms with Crippen LogP contribution in [0.3, 0.4) is 0 Å². The molecule has 0 atom stereocenters. The molecular weight excluding hydrogens is 516 g/mol. The molecule has 0 radical (unpaired) electrons. The van der Waals surface area contributed by atoms with Crippen molar-refractivity contribution in [2.75, 3.05) is 11.3 Å². The second kappa shape index (κ2) is 11.5. The lowest BCUT2D eigenvalue weighted by atomic mass is 10.1. The fourth-order valence-electron chi connectivity index (χ4n) is 3.36. The van der Waals surface area contributed by atoms with Gasteiger partial charge in [0.1, 0.15) is 0 Å². The first kappa shape index (κ1) is 27.8. The summed E-state index contributed by atoms with van der Waals surface area (Å²) in [5, 5.41) is 0. The number of hydrogen-bond acceptors (Lipinski definition) is 6. The number of amides is 2. The van der Waals surface area contributed by atoms with E-state index in [1.54, 1.807) is 38.1 Å². The predicted octanol–water partition coefficient (Wildman–Crippen LogP) is 2.54. The fraction of sp³-hybridized carbons (Fsp3) is 0.200. The van der Waals surface area contributed by atoms with E-state index in [1.165, 1.54) is 36.4 Å². The molecule has 0 bridgehead atoms. The Balaban J connectivity index is 1.55. The van der Waals surface area contributed by atoms with Crippen LogP contribution in [0.25, 0.3) is 0 Å². The number of rotatable bonds is 9. The first-order chi connectivity index (χ1) is 17.4. The van der Waals surface area contributed by atoms with E-state index >= 15 is 0 Å². The van der Waals surface area contributed by atoms with E-state index in [4.69, 9.17) is 0 Å². The lowest BCUT2D eigenvalue weighted by Gasteiger charge is -2.12. The molecule has 3 rings (SSSR count). The number of hydrazine groups is 1. The van der Waals surface area contributed by atoms with Crippen molar-refractivity contribution in [2.45, 2.75) is 37.0 Å². The number of nitrogens with one attached hydrogen (secondary N) is 4. The summed E-state index contributed by atoms with van der Waals surface area (Å²) < 4.78 is 55.1. The highest BCUT2D eigenvalue weighted by atomic mass is 32.2. The third kappa shape index (κ3) is 7.62. The SMILES string of the molecule is Cc1cccc(S(=O)(=O)NCCC(=O)NNC(=O)c2cccc(S(=O)(=O)Nc3ccc(C)cc3C)c2)c1. The Morgan fingerprint density at radius 1 is 0.730 bits per heavy atom. The number of carbonyl (C=O) groups excluding carboxylic acids is 2. The summed E-state index contributed by atoms with van der Waals surface area (Å²) in [6, 6.07) is 17.0. The van der Waals surface area contributed by atoms with Gasteiger partial charge in [0, 0.05) is 18.5 Å². The Morgan fingerprint density at radius 3 is 2.05 bits per heavy atom. The van der Waals surface area contributed by atoms with Crippen molar-refractivity contribution in [2.24, 2.45) is 0 Å². The van der Waals surface area contributed by atoms with Crippen LogP contribution in [0, 0.1) is 20.8 Å². The van der Waals surface area contributed by atoms with E-state index in [9.17, 15) is 26.4 Å². The number of sulfonamides is 2. The van der Waals surface area contributed by atoms with E-state index in [0.29, 0.717) is 5.69 Å². The molecule has 37 heavy (non-hydrogen) atoms. The van der Waals surface area contributed by atoms with Gasteiger partial charge < -0.3 is 0 Å². The molecule has 3 aromatic carbocycles. The molecule has 0 saturated carbocycles. The van der Waals surface area contributed by atoms with Gasteiger partial charge in [-0.2, -0.15) is 0 Å². The molecule has 0 saturated heterocycles. The molecular formula is C25H28N4O6S2.